The number of benzene rings is 5. The van der Waals surface area contributed by atoms with Gasteiger partial charge < -0.3 is 9.13 Å². The van der Waals surface area contributed by atoms with E-state index in [0.29, 0.717) is 0 Å². The van der Waals surface area contributed by atoms with Gasteiger partial charge in [-0.1, -0.05) is 91.0 Å². The minimum Gasteiger partial charge on any atom is -0.309 e. The summed E-state index contributed by atoms with van der Waals surface area (Å²) in [6.45, 7) is 0. The van der Waals surface area contributed by atoms with E-state index >= 15 is 0 Å². The highest BCUT2D eigenvalue weighted by atomic mass is 15.0. The van der Waals surface area contributed by atoms with Crippen molar-refractivity contribution in [1.82, 2.24) is 9.13 Å². The highest BCUT2D eigenvalue weighted by Crippen LogP contribution is 2.36. The van der Waals surface area contributed by atoms with Gasteiger partial charge in [0.15, 0.2) is 0 Å². The Morgan fingerprint density at radius 1 is 0.568 bits per heavy atom. The normalized spacial score (nSPS) is 13.1. The average Bonchev–Trinajstić information content (AvgIpc) is 3.33. The van der Waals surface area contributed by atoms with Crippen molar-refractivity contribution < 1.29 is 0 Å². The quantitative estimate of drug-likeness (QED) is 0.248. The second-order valence-corrected chi connectivity index (χ2v) is 9.74. The maximum Gasteiger partial charge on any atom is 0.0562 e. The first-order valence-corrected chi connectivity index (χ1v) is 12.9. The van der Waals surface area contributed by atoms with Gasteiger partial charge in [0.05, 0.1) is 27.6 Å². The van der Waals surface area contributed by atoms with Crippen LogP contribution < -0.4 is 10.6 Å². The van der Waals surface area contributed by atoms with Crippen molar-refractivity contribution in [2.24, 2.45) is 0 Å². The van der Waals surface area contributed by atoms with E-state index in [-0.39, 0.29) is 0 Å². The number of fused-ring (bicyclic) bond motifs is 7. The van der Waals surface area contributed by atoms with Crippen LogP contribution in [0, 0.1) is 0 Å². The highest BCUT2D eigenvalue weighted by Gasteiger charge is 2.18. The molecule has 8 rings (SSSR count). The molecular weight excluding hydrogens is 448 g/mol. The van der Waals surface area contributed by atoms with Gasteiger partial charge in [0.25, 0.3) is 0 Å². The van der Waals surface area contributed by atoms with E-state index in [4.69, 9.17) is 0 Å². The summed E-state index contributed by atoms with van der Waals surface area (Å²) in [6, 6.07) is 39.7. The van der Waals surface area contributed by atoms with E-state index in [2.05, 4.69) is 143 Å². The van der Waals surface area contributed by atoms with Gasteiger partial charge in [0.1, 0.15) is 0 Å². The van der Waals surface area contributed by atoms with Gasteiger partial charge >= 0.3 is 0 Å². The van der Waals surface area contributed by atoms with Crippen molar-refractivity contribution in [2.75, 3.05) is 0 Å². The lowest BCUT2D eigenvalue weighted by molar-refractivity contribution is 1.08. The van der Waals surface area contributed by atoms with E-state index in [1.54, 1.807) is 0 Å². The monoisotopic (exact) mass is 472 g/mol. The minimum atomic E-state index is 0.947. The van der Waals surface area contributed by atoms with Crippen molar-refractivity contribution in [3.05, 3.63) is 132 Å². The van der Waals surface area contributed by atoms with Gasteiger partial charge in [0, 0.05) is 27.1 Å². The standard InChI is InChI=1S/C35H24N2/c1-2-13-27-28-14-6-8-17-31(28)37(30(27)16-3-1)34-20-10-19-33-35(34)29-15-7-9-18-32(29)36(33)26-22-21-24-11-4-5-12-25(24)23-26/h1,3-23H,2H2. The topological polar surface area (TPSA) is 9.86 Å². The lowest BCUT2D eigenvalue weighted by Crippen LogP contribution is -2.27. The molecule has 5 aromatic carbocycles. The maximum atomic E-state index is 2.45. The average molecular weight is 473 g/mol. The van der Waals surface area contributed by atoms with Gasteiger partial charge in [-0.3, -0.25) is 0 Å². The highest BCUT2D eigenvalue weighted by molar-refractivity contribution is 6.13. The SMILES string of the molecule is C1=CCC=c2c(n(-c3cccc4c3c3ccccc3n4-c3ccc4ccccc4c3)c3ccccc23)=C1. The van der Waals surface area contributed by atoms with Crippen LogP contribution in [0.5, 0.6) is 0 Å². The molecule has 0 N–H and O–H groups in total. The number of para-hydroxylation sites is 2. The number of allylic oxidation sites excluding steroid dienone is 2. The molecule has 174 valence electrons. The first-order valence-electron chi connectivity index (χ1n) is 12.9. The van der Waals surface area contributed by atoms with E-state index in [1.807, 2.05) is 0 Å². The molecule has 2 heterocycles. The molecule has 7 aromatic rings. The van der Waals surface area contributed by atoms with E-state index in [9.17, 15) is 0 Å². The summed E-state index contributed by atoms with van der Waals surface area (Å²) in [5, 5.41) is 8.90. The third-order valence-corrected chi connectivity index (χ3v) is 7.71. The summed E-state index contributed by atoms with van der Waals surface area (Å²) in [5.41, 5.74) is 6.07. The van der Waals surface area contributed by atoms with Crippen LogP contribution in [0.2, 0.25) is 0 Å². The zero-order valence-corrected chi connectivity index (χ0v) is 20.3. The summed E-state index contributed by atoms with van der Waals surface area (Å²) in [7, 11) is 0. The molecule has 37 heavy (non-hydrogen) atoms. The van der Waals surface area contributed by atoms with Gasteiger partial charge in [-0.2, -0.15) is 0 Å². The summed E-state index contributed by atoms with van der Waals surface area (Å²) in [6.07, 6.45) is 9.98. The molecule has 0 saturated carbocycles. The molecule has 0 aliphatic heterocycles. The Labute approximate surface area is 214 Å². The van der Waals surface area contributed by atoms with Crippen LogP contribution in [0.1, 0.15) is 6.42 Å². The Morgan fingerprint density at radius 2 is 1.30 bits per heavy atom. The van der Waals surface area contributed by atoms with Crippen LogP contribution in [-0.4, -0.2) is 9.13 Å². The fourth-order valence-corrected chi connectivity index (χ4v) is 6.13. The number of nitrogens with zero attached hydrogens (tertiary/aromatic N) is 2. The smallest absolute Gasteiger partial charge is 0.0562 e. The summed E-state index contributed by atoms with van der Waals surface area (Å²) >= 11 is 0. The van der Waals surface area contributed by atoms with Crippen molar-refractivity contribution in [2.45, 2.75) is 6.42 Å². The van der Waals surface area contributed by atoms with E-state index in [0.717, 1.165) is 6.42 Å². The maximum absolute atomic E-state index is 2.45. The predicted molar refractivity (Wildman–Crippen MR) is 157 cm³/mol. The Balaban J connectivity index is 1.54. The number of hydrogen-bond donors (Lipinski definition) is 0. The van der Waals surface area contributed by atoms with Crippen LogP contribution >= 0.6 is 0 Å². The molecular formula is C35H24N2. The number of aromatic nitrogens is 2. The van der Waals surface area contributed by atoms with Gasteiger partial charge in [-0.25, -0.2) is 0 Å². The van der Waals surface area contributed by atoms with E-state index in [1.165, 1.54) is 65.4 Å². The Hall–Kier alpha value is -4.82. The Bertz CT molecular complexity index is 2170. The molecule has 0 radical (unpaired) electrons. The Morgan fingerprint density at radius 3 is 2.19 bits per heavy atom. The molecule has 1 aliphatic carbocycles. The molecule has 0 fully saturated rings. The van der Waals surface area contributed by atoms with Crippen molar-refractivity contribution in [3.63, 3.8) is 0 Å². The molecule has 2 heteroatoms. The van der Waals surface area contributed by atoms with Gasteiger partial charge in [0.2, 0.25) is 0 Å². The van der Waals surface area contributed by atoms with Gasteiger partial charge in [-0.15, -0.1) is 0 Å². The zero-order valence-electron chi connectivity index (χ0n) is 20.3. The van der Waals surface area contributed by atoms with Crippen LogP contribution in [0.25, 0.3) is 67.0 Å². The molecule has 0 saturated heterocycles. The summed E-state index contributed by atoms with van der Waals surface area (Å²) in [4.78, 5) is 0. The third kappa shape index (κ3) is 2.93. The zero-order chi connectivity index (χ0) is 24.3. The minimum absolute atomic E-state index is 0.947. The van der Waals surface area contributed by atoms with Crippen LogP contribution in [0.4, 0.5) is 0 Å². The molecule has 1 aliphatic rings. The molecule has 2 aromatic heterocycles. The van der Waals surface area contributed by atoms with Crippen molar-refractivity contribution >= 4 is 55.6 Å². The fraction of sp³-hybridized carbons (Fsp3) is 0.0286. The van der Waals surface area contributed by atoms with E-state index < -0.39 is 0 Å². The lowest BCUT2D eigenvalue weighted by atomic mass is 10.1. The van der Waals surface area contributed by atoms with Crippen molar-refractivity contribution in [1.29, 1.82) is 0 Å². The first-order chi connectivity index (χ1) is 18.4. The number of hydrogen-bond acceptors (Lipinski definition) is 0. The van der Waals surface area contributed by atoms with Crippen molar-refractivity contribution in [3.8, 4) is 11.4 Å². The lowest BCUT2D eigenvalue weighted by Gasteiger charge is -2.11. The third-order valence-electron chi connectivity index (χ3n) is 7.71. The molecule has 0 spiro atoms. The first kappa shape index (κ1) is 20.4. The fourth-order valence-electron chi connectivity index (χ4n) is 6.13. The molecule has 0 unspecified atom stereocenters. The summed E-state index contributed by atoms with van der Waals surface area (Å²) in [5.74, 6) is 0. The summed E-state index contributed by atoms with van der Waals surface area (Å²) < 4.78 is 4.87. The second-order valence-electron chi connectivity index (χ2n) is 9.74. The van der Waals surface area contributed by atoms with Gasteiger partial charge in [-0.05, 0) is 59.7 Å². The van der Waals surface area contributed by atoms with Crippen LogP contribution in [0.3, 0.4) is 0 Å². The number of rotatable bonds is 2. The van der Waals surface area contributed by atoms with Crippen LogP contribution in [0.15, 0.2) is 121 Å². The molecule has 0 amide bonds. The molecule has 2 nitrogen and oxygen atoms in total. The predicted octanol–water partition coefficient (Wildman–Crippen LogP) is 7.40. The Kier molecular flexibility index (Phi) is 4.32. The molecule has 0 atom stereocenters. The van der Waals surface area contributed by atoms with Crippen LogP contribution in [-0.2, 0) is 0 Å². The second kappa shape index (κ2) is 7.84. The largest absolute Gasteiger partial charge is 0.309 e. The molecule has 0 bridgehead atoms.